The quantitative estimate of drug-likeness (QED) is 0.135. The molecule has 0 atom stereocenters. The van der Waals surface area contributed by atoms with Crippen LogP contribution in [-0.2, 0) is 187 Å². The number of thioether (sulfide) groups is 1. The van der Waals surface area contributed by atoms with Crippen LogP contribution in [0.2, 0.25) is 60.6 Å². The Kier molecular flexibility index (Phi) is 402. The van der Waals surface area contributed by atoms with Crippen molar-refractivity contribution >= 4 is 142 Å². The van der Waals surface area contributed by atoms with E-state index in [-0.39, 0.29) is 252 Å². The fraction of sp³-hybridized carbons (Fsp3) is 0.940. The van der Waals surface area contributed by atoms with Crippen LogP contribution < -0.4 is 0 Å². The predicted octanol–water partition coefficient (Wildman–Crippen LogP) is 20.2. The first kappa shape index (κ1) is 207. The second-order valence-electron chi connectivity index (χ2n) is 17.8. The molecule has 0 aromatic carbocycles. The van der Waals surface area contributed by atoms with Crippen LogP contribution in [0, 0.1) is 0 Å². The summed E-state index contributed by atoms with van der Waals surface area (Å²) in [4.78, 5) is 0. The van der Waals surface area contributed by atoms with Crippen molar-refractivity contribution in [2.75, 3.05) is 155 Å². The van der Waals surface area contributed by atoms with Crippen LogP contribution in [-0.4, -0.2) is 212 Å². The van der Waals surface area contributed by atoms with Crippen molar-refractivity contribution in [3.8, 4) is 0 Å². The van der Waals surface area contributed by atoms with Gasteiger partial charge in [-0.1, -0.05) is 174 Å². The van der Waals surface area contributed by atoms with Crippen LogP contribution in [0.15, 0.2) is 0 Å². The molecular weight excluding hydrogens is 1450 g/mol. The fourth-order valence-corrected chi connectivity index (χ4v) is 0. The van der Waals surface area contributed by atoms with E-state index in [9.17, 15) is 21.4 Å². The normalized spacial score (nSPS) is 7.45. The molecule has 0 unspecified atom stereocenters. The molecule has 482 valence electrons. The molecule has 0 aliphatic carbocycles. The molecule has 0 aliphatic heterocycles. The molecule has 0 bridgehead atoms. The van der Waals surface area contributed by atoms with Gasteiger partial charge >= 0.3 is 0 Å². The van der Waals surface area contributed by atoms with Gasteiger partial charge in [-0.05, 0) is 121 Å². The summed E-state index contributed by atoms with van der Waals surface area (Å²) >= 11 is 6.69. The molecular formula is C50H162B2NO5P4S7SiY4-. The SMILES string of the molecule is C.C.C.C.C.C.C.C.C.C.C.C.C.C.C=S(C)(C)=O.C=S(C)(C)=[N-].C=S(C)C.CB(C)C.CP(C)(C)=O.CP(C)(C)=S.CP(C)C.CS(C)(=O)=O.CS(C)=O.CSC.C[B-](C)C.C[PH+](C)C.C[Si](C)C.[Y].[Y].[Y].[Y]. The van der Waals surface area contributed by atoms with Gasteiger partial charge in [-0.3, -0.25) is 8.42 Å². The smallest absolute Gasteiger partial charge is 0.144 e. The summed E-state index contributed by atoms with van der Waals surface area (Å²) in [6, 6.07) is -0.806. The molecule has 0 N–H and O–H groups in total. The monoisotopic (exact) mass is 1610 g/mol. The molecule has 0 aliphatic rings. The Morgan fingerprint density at radius 1 is 0.608 bits per heavy atom. The maximum atomic E-state index is 10.2. The first-order valence-corrected chi connectivity index (χ1v) is 46.6. The minimum Gasteiger partial charge on any atom is -0.784 e. The Morgan fingerprint density at radius 3 is 0.608 bits per heavy atom. The molecule has 0 saturated carbocycles. The largest absolute Gasteiger partial charge is 0.784 e. The van der Waals surface area contributed by atoms with Gasteiger partial charge in [0.25, 0.3) is 0 Å². The number of sulfone groups is 1. The van der Waals surface area contributed by atoms with Crippen LogP contribution in [0.5, 0.6) is 0 Å². The van der Waals surface area contributed by atoms with Gasteiger partial charge in [0, 0.05) is 208 Å². The zero-order chi connectivity index (χ0) is 50.2. The Morgan fingerprint density at radius 2 is 0.608 bits per heavy atom. The van der Waals surface area contributed by atoms with Crippen LogP contribution in [0.25, 0.3) is 4.78 Å². The number of hydrogen-bond donors (Lipinski definition) is 0. The molecule has 6 radical (unpaired) electrons. The van der Waals surface area contributed by atoms with E-state index in [1.807, 2.05) is 12.5 Å². The topological polar surface area (TPSA) is 108 Å². The molecule has 0 aromatic heterocycles. The van der Waals surface area contributed by atoms with Crippen molar-refractivity contribution < 1.29 is 152 Å². The first-order valence-electron chi connectivity index (χ1n) is 17.5. The zero-order valence-electron chi connectivity index (χ0n) is 46.3. The van der Waals surface area contributed by atoms with Crippen molar-refractivity contribution in [1.29, 1.82) is 0 Å². The molecule has 0 heterocycles. The summed E-state index contributed by atoms with van der Waals surface area (Å²) in [5.41, 5.74) is 0. The van der Waals surface area contributed by atoms with E-state index < -0.39 is 52.8 Å². The molecule has 0 fully saturated rings. The van der Waals surface area contributed by atoms with Gasteiger partial charge in [0.15, 0.2) is 0 Å². The first-order chi connectivity index (χ1) is 23.5. The molecule has 0 amide bonds. The zero-order valence-corrected chi connectivity index (χ0v) is 68.0. The molecule has 0 spiro atoms. The minimum absolute atomic E-state index is 0. The van der Waals surface area contributed by atoms with Gasteiger partial charge in [-0.2, -0.15) is 22.2 Å². The summed E-state index contributed by atoms with van der Waals surface area (Å²) in [6.07, 6.45) is 20.5. The van der Waals surface area contributed by atoms with Gasteiger partial charge in [0.2, 0.25) is 0 Å². The van der Waals surface area contributed by atoms with E-state index in [0.29, 0.717) is 18.4 Å². The average molecular weight is 1610 g/mol. The molecule has 0 rings (SSSR count). The molecule has 0 saturated heterocycles. The predicted molar refractivity (Wildman–Crippen MR) is 416 cm³/mol. The van der Waals surface area contributed by atoms with Crippen LogP contribution in [0.4, 0.5) is 0 Å². The van der Waals surface area contributed by atoms with Crippen molar-refractivity contribution in [3.05, 3.63) is 4.78 Å². The number of hydrogen-bond acceptors (Lipinski definition) is 7. The van der Waals surface area contributed by atoms with E-state index in [1.165, 1.54) is 0 Å². The summed E-state index contributed by atoms with van der Waals surface area (Å²) in [7, 11) is -6.99. The van der Waals surface area contributed by atoms with Gasteiger partial charge in [-0.15, -0.1) is 14.6 Å². The summed E-state index contributed by atoms with van der Waals surface area (Å²) in [6.45, 7) is 46.5. The Balaban J connectivity index is -0.00000000916. The third-order valence-electron chi connectivity index (χ3n) is 0. The number of nitrogens with zero attached hydrogens (tertiary/aromatic N) is 1. The Hall–Kier alpha value is 7.21. The summed E-state index contributed by atoms with van der Waals surface area (Å²) in [5, 5.41) is 0. The van der Waals surface area contributed by atoms with Crippen molar-refractivity contribution in [1.82, 2.24) is 0 Å². The van der Waals surface area contributed by atoms with E-state index in [0.717, 1.165) is 25.9 Å². The third-order valence-corrected chi connectivity index (χ3v) is 0. The standard InChI is InChI=1S/2C3H9B.C3H8NS.C3H9OP.C3H8OS.C3H9PS.2C3H9P.C3H8S.C3H9Si.C2H6O2S.C2H6OS.C2H6S.14CH4.4Y/c2*1-4(2)3;3*1-5(2,3)4;1-4(2,3)5;4*1-4(2)3;1-5(2,3)4;1-4(2)3;1-3-2;;;;;;;;;;;;;;;;;;/h2*1-3H3;1H2,2-3H3;1-3H3;1H2,2-3H3;1-3H3;2*1-3H3;1H2,2-3H3;1-3H3;1-2H3;1-2H3;1-2H3;14*1H4;;;;/q;2*-1;;;;;;;;;;;;;;;;;;;;;;;;;;;;/p+1. The van der Waals surface area contributed by atoms with Crippen molar-refractivity contribution in [2.45, 2.75) is 165 Å². The van der Waals surface area contributed by atoms with Crippen LogP contribution in [0.3, 0.4) is 0 Å². The number of rotatable bonds is 0. The maximum Gasteiger partial charge on any atom is 0.144 e. The summed E-state index contributed by atoms with van der Waals surface area (Å²) < 4.78 is 57.6. The minimum atomic E-state index is -2.67. The van der Waals surface area contributed by atoms with Gasteiger partial charge in [-0.25, -0.2) is 28.9 Å². The van der Waals surface area contributed by atoms with E-state index >= 15 is 0 Å². The Bertz CT molecular complexity index is 1020. The van der Waals surface area contributed by atoms with Gasteiger partial charge in [0.1, 0.15) is 16.6 Å². The summed E-state index contributed by atoms with van der Waals surface area (Å²) in [5.74, 6) is 10.4. The van der Waals surface area contributed by atoms with E-state index in [2.05, 4.69) is 151 Å². The van der Waals surface area contributed by atoms with Gasteiger partial charge in [0.05, 0.1) is 7.14 Å². The maximum absolute atomic E-state index is 10.2. The molecule has 74 heavy (non-hydrogen) atoms. The molecule has 0 aromatic rings. The van der Waals surface area contributed by atoms with Crippen LogP contribution >= 0.6 is 51.3 Å². The van der Waals surface area contributed by atoms with Crippen molar-refractivity contribution in [2.24, 2.45) is 0 Å². The third kappa shape index (κ3) is 9320. The van der Waals surface area contributed by atoms with Crippen molar-refractivity contribution in [3.63, 3.8) is 0 Å². The second-order valence-corrected chi connectivity index (χ2v) is 49.7. The Labute approximate surface area is 609 Å². The second kappa shape index (κ2) is 144. The fourth-order valence-electron chi connectivity index (χ4n) is 0. The average Bonchev–Trinajstić information content (AvgIpc) is 2.64. The van der Waals surface area contributed by atoms with E-state index in [1.54, 1.807) is 69.3 Å². The van der Waals surface area contributed by atoms with E-state index in [4.69, 9.17) is 16.6 Å². The molecule has 6 nitrogen and oxygen atoms in total. The van der Waals surface area contributed by atoms with Crippen LogP contribution in [0.1, 0.15) is 104 Å². The molecule has 24 heteroatoms. The van der Waals surface area contributed by atoms with Gasteiger partial charge < -0.3 is 18.8 Å².